The number of hydrogen-bond acceptors (Lipinski definition) is 6. The van der Waals surface area contributed by atoms with Gasteiger partial charge in [0.15, 0.2) is 0 Å². The number of nitrogens with zero attached hydrogens (tertiary/aromatic N) is 3. The second-order valence-corrected chi connectivity index (χ2v) is 12.0. The molecular weight excluding hydrogens is 570 g/mol. The summed E-state index contributed by atoms with van der Waals surface area (Å²) in [6.07, 6.45) is -0.441. The lowest BCUT2D eigenvalue weighted by molar-refractivity contribution is -0.000930. The lowest BCUT2D eigenvalue weighted by Gasteiger charge is -2.41. The first-order valence-corrected chi connectivity index (χ1v) is 15.0. The Morgan fingerprint density at radius 3 is 2.22 bits per heavy atom. The van der Waals surface area contributed by atoms with Gasteiger partial charge in [0.2, 0.25) is 0 Å². The van der Waals surface area contributed by atoms with Crippen LogP contribution in [0.3, 0.4) is 0 Å². The molecule has 0 bridgehead atoms. The molecule has 4 aromatic rings. The van der Waals surface area contributed by atoms with E-state index < -0.39 is 23.7 Å². The third-order valence-electron chi connectivity index (χ3n) is 7.57. The number of benzene rings is 3. The highest BCUT2D eigenvalue weighted by molar-refractivity contribution is 6.01. The fourth-order valence-electron chi connectivity index (χ4n) is 5.53. The largest absolute Gasteiger partial charge is 0.491 e. The van der Waals surface area contributed by atoms with Gasteiger partial charge in [-0.15, -0.1) is 0 Å². The van der Waals surface area contributed by atoms with Gasteiger partial charge in [0.1, 0.15) is 18.0 Å². The summed E-state index contributed by atoms with van der Waals surface area (Å²) >= 11 is 0. The van der Waals surface area contributed by atoms with Crippen molar-refractivity contribution in [3.05, 3.63) is 108 Å². The first-order chi connectivity index (χ1) is 21.6. The number of hydrogen-bond donors (Lipinski definition) is 0. The van der Waals surface area contributed by atoms with E-state index in [0.717, 1.165) is 22.6 Å². The van der Waals surface area contributed by atoms with Crippen LogP contribution < -0.4 is 4.74 Å². The molecule has 1 saturated heterocycles. The molecule has 1 aliphatic rings. The van der Waals surface area contributed by atoms with Crippen molar-refractivity contribution in [3.63, 3.8) is 0 Å². The summed E-state index contributed by atoms with van der Waals surface area (Å²) < 4.78 is 18.8. The Morgan fingerprint density at radius 1 is 0.867 bits per heavy atom. The zero-order valence-corrected chi connectivity index (χ0v) is 26.4. The van der Waals surface area contributed by atoms with E-state index >= 15 is 0 Å². The molecule has 9 heteroatoms. The number of para-hydroxylation sites is 1. The van der Waals surface area contributed by atoms with Gasteiger partial charge in [0, 0.05) is 31.0 Å². The van der Waals surface area contributed by atoms with Crippen LogP contribution >= 0.6 is 0 Å². The van der Waals surface area contributed by atoms with E-state index in [4.69, 9.17) is 14.2 Å². The number of rotatable bonds is 7. The van der Waals surface area contributed by atoms with Crippen molar-refractivity contribution in [2.45, 2.75) is 39.3 Å². The van der Waals surface area contributed by atoms with E-state index in [1.54, 1.807) is 34.1 Å². The highest BCUT2D eigenvalue weighted by atomic mass is 16.6. The maximum atomic E-state index is 14.6. The molecule has 3 aromatic carbocycles. The van der Waals surface area contributed by atoms with E-state index in [9.17, 15) is 14.4 Å². The molecular formula is C36H39N3O6. The van der Waals surface area contributed by atoms with Crippen LogP contribution in [-0.4, -0.2) is 77.3 Å². The zero-order valence-electron chi connectivity index (χ0n) is 26.4. The summed E-state index contributed by atoms with van der Waals surface area (Å²) in [5.74, 6) is -0.180. The second kappa shape index (κ2) is 13.3. The van der Waals surface area contributed by atoms with E-state index in [1.165, 1.54) is 7.11 Å². The standard InChI is InChI=1S/C36H39N3O6/c1-25-21-31(32(26-13-8-6-9-14-26)39(25)28-16-10-7-11-17-28)33(40)38-20-19-37(35(42)45-36(2,3)4)23-29(38)24-44-30-18-12-15-27(22-30)34(41)43-5/h6-18,21-22,29H,19-20,23-24H2,1-5H3. The number of piperazine rings is 1. The first kappa shape index (κ1) is 31.4. The fraction of sp³-hybridized carbons (Fsp3) is 0.306. The third kappa shape index (κ3) is 7.20. The van der Waals surface area contributed by atoms with Gasteiger partial charge in [-0.3, -0.25) is 4.79 Å². The summed E-state index contributed by atoms with van der Waals surface area (Å²) in [7, 11) is 1.32. The molecule has 2 heterocycles. The van der Waals surface area contributed by atoms with Gasteiger partial charge in [-0.05, 0) is 69.7 Å². The van der Waals surface area contributed by atoms with Crippen molar-refractivity contribution in [2.24, 2.45) is 0 Å². The number of ether oxygens (including phenoxy) is 3. The van der Waals surface area contributed by atoms with Crippen LogP contribution in [0, 0.1) is 6.92 Å². The molecule has 0 spiro atoms. The smallest absolute Gasteiger partial charge is 0.410 e. The molecule has 0 aliphatic carbocycles. The summed E-state index contributed by atoms with van der Waals surface area (Å²) in [5.41, 5.74) is 3.84. The highest BCUT2D eigenvalue weighted by Crippen LogP contribution is 2.33. The molecule has 2 amide bonds. The van der Waals surface area contributed by atoms with Gasteiger partial charge in [0.05, 0.1) is 30.0 Å². The van der Waals surface area contributed by atoms with Crippen molar-refractivity contribution in [1.29, 1.82) is 0 Å². The van der Waals surface area contributed by atoms with E-state index in [2.05, 4.69) is 4.57 Å². The summed E-state index contributed by atoms with van der Waals surface area (Å²) in [4.78, 5) is 43.1. The van der Waals surface area contributed by atoms with E-state index in [-0.39, 0.29) is 25.6 Å². The van der Waals surface area contributed by atoms with Gasteiger partial charge >= 0.3 is 12.1 Å². The molecule has 45 heavy (non-hydrogen) atoms. The average molecular weight is 610 g/mol. The summed E-state index contributed by atoms with van der Waals surface area (Å²) in [6, 6.07) is 27.9. The van der Waals surface area contributed by atoms with Gasteiger partial charge in [-0.25, -0.2) is 9.59 Å². The third-order valence-corrected chi connectivity index (χ3v) is 7.57. The Kier molecular flexibility index (Phi) is 9.27. The predicted octanol–water partition coefficient (Wildman–Crippen LogP) is 6.38. The zero-order chi connectivity index (χ0) is 32.1. The number of methoxy groups -OCH3 is 1. The highest BCUT2D eigenvalue weighted by Gasteiger charge is 2.37. The molecule has 1 fully saturated rings. The van der Waals surface area contributed by atoms with Gasteiger partial charge in [-0.1, -0.05) is 54.6 Å². The quantitative estimate of drug-likeness (QED) is 0.226. The van der Waals surface area contributed by atoms with E-state index in [1.807, 2.05) is 94.4 Å². The molecule has 0 saturated carbocycles. The Morgan fingerprint density at radius 2 is 1.56 bits per heavy atom. The van der Waals surface area contributed by atoms with Gasteiger partial charge in [0.25, 0.3) is 5.91 Å². The van der Waals surface area contributed by atoms with Gasteiger partial charge in [-0.2, -0.15) is 0 Å². The maximum absolute atomic E-state index is 14.6. The lowest BCUT2D eigenvalue weighted by Crippen LogP contribution is -2.59. The minimum Gasteiger partial charge on any atom is -0.491 e. The van der Waals surface area contributed by atoms with Gasteiger partial charge < -0.3 is 28.6 Å². The van der Waals surface area contributed by atoms with Crippen LogP contribution in [0.4, 0.5) is 4.79 Å². The van der Waals surface area contributed by atoms with Crippen molar-refractivity contribution in [3.8, 4) is 22.7 Å². The molecule has 1 unspecified atom stereocenters. The lowest BCUT2D eigenvalue weighted by atomic mass is 10.0. The number of carbonyl (C=O) groups excluding carboxylic acids is 3. The van der Waals surface area contributed by atoms with Crippen LogP contribution in [0.1, 0.15) is 47.2 Å². The summed E-state index contributed by atoms with van der Waals surface area (Å²) in [6.45, 7) is 8.38. The van der Waals surface area contributed by atoms with Crippen LogP contribution in [0.5, 0.6) is 5.75 Å². The molecule has 0 N–H and O–H groups in total. The molecule has 234 valence electrons. The minimum absolute atomic E-state index is 0.0920. The SMILES string of the molecule is COC(=O)c1cccc(OCC2CN(C(=O)OC(C)(C)C)CCN2C(=O)c2cc(C)n(-c3ccccc3)c2-c2ccccc2)c1. The number of esters is 1. The second-order valence-electron chi connectivity index (χ2n) is 12.0. The number of carbonyl (C=O) groups is 3. The van der Waals surface area contributed by atoms with Crippen LogP contribution in [-0.2, 0) is 9.47 Å². The van der Waals surface area contributed by atoms with Crippen molar-refractivity contribution >= 4 is 18.0 Å². The fourth-order valence-corrected chi connectivity index (χ4v) is 5.53. The molecule has 1 atom stereocenters. The van der Waals surface area contributed by atoms with Crippen molar-refractivity contribution in [1.82, 2.24) is 14.4 Å². The van der Waals surface area contributed by atoms with Crippen molar-refractivity contribution in [2.75, 3.05) is 33.4 Å². The van der Waals surface area contributed by atoms with Crippen LogP contribution in [0.25, 0.3) is 16.9 Å². The van der Waals surface area contributed by atoms with E-state index in [0.29, 0.717) is 23.4 Å². The minimum atomic E-state index is -0.660. The average Bonchev–Trinajstić information content (AvgIpc) is 3.40. The Labute approximate surface area is 263 Å². The Bertz CT molecular complexity index is 1660. The maximum Gasteiger partial charge on any atom is 0.410 e. The van der Waals surface area contributed by atoms with Crippen LogP contribution in [0.2, 0.25) is 0 Å². The molecule has 1 aromatic heterocycles. The number of aryl methyl sites for hydroxylation is 1. The molecule has 0 radical (unpaired) electrons. The Balaban J connectivity index is 1.50. The topological polar surface area (TPSA) is 90.3 Å². The molecule has 5 rings (SSSR count). The van der Waals surface area contributed by atoms with Crippen molar-refractivity contribution < 1.29 is 28.6 Å². The van der Waals surface area contributed by atoms with Crippen LogP contribution in [0.15, 0.2) is 91.0 Å². The normalized spacial score (nSPS) is 15.0. The summed E-state index contributed by atoms with van der Waals surface area (Å²) in [5, 5.41) is 0. The Hall–Kier alpha value is -5.05. The first-order valence-electron chi connectivity index (χ1n) is 15.0. The monoisotopic (exact) mass is 609 g/mol. The predicted molar refractivity (Wildman–Crippen MR) is 172 cm³/mol. The number of aromatic nitrogens is 1. The molecule has 1 aliphatic heterocycles. The number of amides is 2. The molecule has 9 nitrogen and oxygen atoms in total.